The van der Waals surface area contributed by atoms with E-state index in [4.69, 9.17) is 4.42 Å². The minimum absolute atomic E-state index is 0.0155. The molecule has 0 unspecified atom stereocenters. The average Bonchev–Trinajstić information content (AvgIpc) is 3.36. The lowest BCUT2D eigenvalue weighted by atomic mass is 9.95. The van der Waals surface area contributed by atoms with Crippen molar-refractivity contribution in [2.45, 2.75) is 46.2 Å². The first-order valence-electron chi connectivity index (χ1n) is 10.3. The van der Waals surface area contributed by atoms with E-state index in [9.17, 15) is 4.79 Å². The summed E-state index contributed by atoms with van der Waals surface area (Å²) in [6.45, 7) is 7.64. The van der Waals surface area contributed by atoms with E-state index in [1.165, 1.54) is 11.1 Å². The Morgan fingerprint density at radius 2 is 1.93 bits per heavy atom. The van der Waals surface area contributed by atoms with Gasteiger partial charge >= 0.3 is 0 Å². The number of aromatic nitrogens is 2. The Balaban J connectivity index is 1.45. The Bertz CT molecular complexity index is 1160. The van der Waals surface area contributed by atoms with Crippen LogP contribution >= 0.6 is 0 Å². The third kappa shape index (κ3) is 4.30. The summed E-state index contributed by atoms with van der Waals surface area (Å²) in [5, 5.41) is 8.36. The van der Waals surface area contributed by atoms with E-state index in [-0.39, 0.29) is 5.91 Å². The molecule has 0 aliphatic carbocycles. The molecule has 0 bridgehead atoms. The first-order chi connectivity index (χ1) is 14.5. The number of carbonyl (C=O) groups is 1. The van der Waals surface area contributed by atoms with Gasteiger partial charge < -0.3 is 9.73 Å². The summed E-state index contributed by atoms with van der Waals surface area (Å²) in [5.74, 6) is 0.413. The van der Waals surface area contributed by atoms with E-state index in [1.807, 2.05) is 35.1 Å². The number of carbonyl (C=O) groups excluding carboxylic acids is 1. The van der Waals surface area contributed by atoms with Crippen molar-refractivity contribution < 1.29 is 9.21 Å². The van der Waals surface area contributed by atoms with Crippen LogP contribution in [0.3, 0.4) is 0 Å². The number of hydrogen-bond acceptors (Lipinski definition) is 3. The molecule has 30 heavy (non-hydrogen) atoms. The van der Waals surface area contributed by atoms with Gasteiger partial charge in [-0.3, -0.25) is 9.48 Å². The second-order valence-corrected chi connectivity index (χ2v) is 8.05. The molecule has 5 heteroatoms. The highest BCUT2D eigenvalue weighted by molar-refractivity contribution is 5.88. The molecule has 0 radical (unpaired) electrons. The molecule has 0 spiro atoms. The van der Waals surface area contributed by atoms with Crippen LogP contribution in [0.1, 0.15) is 47.6 Å². The third-order valence-electron chi connectivity index (χ3n) is 5.50. The average molecular weight is 402 g/mol. The van der Waals surface area contributed by atoms with Crippen LogP contribution in [0.2, 0.25) is 0 Å². The Hall–Kier alpha value is -3.34. The number of fused-ring (bicyclic) bond motifs is 1. The van der Waals surface area contributed by atoms with E-state index in [1.54, 1.807) is 12.5 Å². The fraction of sp³-hybridized carbons (Fsp3) is 0.280. The van der Waals surface area contributed by atoms with Gasteiger partial charge in [0.1, 0.15) is 5.58 Å². The van der Waals surface area contributed by atoms with Gasteiger partial charge in [-0.15, -0.1) is 0 Å². The van der Waals surface area contributed by atoms with Crippen molar-refractivity contribution in [3.63, 3.8) is 0 Å². The molecular weight excluding hydrogens is 374 g/mol. The molecular formula is C25H27N3O2. The van der Waals surface area contributed by atoms with Crippen molar-refractivity contribution in [3.05, 3.63) is 88.9 Å². The summed E-state index contributed by atoms with van der Waals surface area (Å²) < 4.78 is 7.60. The smallest absolute Gasteiger partial charge is 0.224 e. The van der Waals surface area contributed by atoms with Gasteiger partial charge in [0, 0.05) is 29.9 Å². The summed E-state index contributed by atoms with van der Waals surface area (Å²) in [4.78, 5) is 12.7. The highest BCUT2D eigenvalue weighted by atomic mass is 16.3. The summed E-state index contributed by atoms with van der Waals surface area (Å²) in [5.41, 5.74) is 6.51. The maximum absolute atomic E-state index is 12.7. The number of nitrogens with one attached hydrogen (secondary N) is 1. The predicted molar refractivity (Wildman–Crippen MR) is 118 cm³/mol. The van der Waals surface area contributed by atoms with Crippen LogP contribution in [0, 0.1) is 6.92 Å². The van der Waals surface area contributed by atoms with Crippen LogP contribution < -0.4 is 5.32 Å². The van der Waals surface area contributed by atoms with E-state index in [0.717, 1.165) is 27.7 Å². The van der Waals surface area contributed by atoms with Gasteiger partial charge in [0.25, 0.3) is 0 Å². The van der Waals surface area contributed by atoms with Crippen LogP contribution in [0.4, 0.5) is 0 Å². The fourth-order valence-corrected chi connectivity index (χ4v) is 3.89. The van der Waals surface area contributed by atoms with Crippen molar-refractivity contribution in [2.24, 2.45) is 0 Å². The van der Waals surface area contributed by atoms with E-state index in [2.05, 4.69) is 49.4 Å². The van der Waals surface area contributed by atoms with Gasteiger partial charge in [-0.25, -0.2) is 0 Å². The number of nitrogens with zero attached hydrogens (tertiary/aromatic N) is 2. The van der Waals surface area contributed by atoms with Crippen LogP contribution in [0.25, 0.3) is 11.0 Å². The van der Waals surface area contributed by atoms with Crippen LogP contribution in [-0.4, -0.2) is 15.7 Å². The number of hydrogen-bond donors (Lipinski definition) is 1. The monoisotopic (exact) mass is 401 g/mol. The Labute approximate surface area is 176 Å². The molecule has 0 saturated carbocycles. The molecule has 2 heterocycles. The summed E-state index contributed by atoms with van der Waals surface area (Å²) in [6, 6.07) is 14.3. The summed E-state index contributed by atoms with van der Waals surface area (Å²) in [7, 11) is 0. The molecule has 0 saturated heterocycles. The van der Waals surface area contributed by atoms with Gasteiger partial charge in [0.2, 0.25) is 5.91 Å². The number of amides is 1. The van der Waals surface area contributed by atoms with Crippen molar-refractivity contribution in [3.8, 4) is 0 Å². The molecule has 5 nitrogen and oxygen atoms in total. The zero-order valence-corrected chi connectivity index (χ0v) is 17.7. The molecule has 0 aliphatic heterocycles. The second-order valence-electron chi connectivity index (χ2n) is 8.05. The zero-order chi connectivity index (χ0) is 21.1. The lowest BCUT2D eigenvalue weighted by Gasteiger charge is -2.11. The van der Waals surface area contributed by atoms with Gasteiger partial charge in [0.15, 0.2) is 0 Å². The SMILES string of the molecule is Cc1cc2occ(CC(=O)NCc3ccccc3Cn3cccn3)c2cc1C(C)C. The lowest BCUT2D eigenvalue weighted by Crippen LogP contribution is -2.25. The van der Waals surface area contributed by atoms with Gasteiger partial charge in [-0.2, -0.15) is 5.10 Å². The van der Waals surface area contributed by atoms with E-state index in [0.29, 0.717) is 25.4 Å². The maximum atomic E-state index is 12.7. The van der Waals surface area contributed by atoms with Crippen LogP contribution in [0.15, 0.2) is 65.5 Å². The van der Waals surface area contributed by atoms with Gasteiger partial charge in [-0.1, -0.05) is 38.1 Å². The summed E-state index contributed by atoms with van der Waals surface area (Å²) in [6.07, 6.45) is 5.71. The first-order valence-corrected chi connectivity index (χ1v) is 10.3. The quantitative estimate of drug-likeness (QED) is 0.476. The normalized spacial score (nSPS) is 11.3. The summed E-state index contributed by atoms with van der Waals surface area (Å²) >= 11 is 0. The zero-order valence-electron chi connectivity index (χ0n) is 17.7. The number of aryl methyl sites for hydroxylation is 1. The molecule has 4 rings (SSSR count). The number of benzene rings is 2. The molecule has 2 aromatic heterocycles. The molecule has 154 valence electrons. The van der Waals surface area contributed by atoms with Crippen LogP contribution in [0.5, 0.6) is 0 Å². The van der Waals surface area contributed by atoms with Crippen molar-refractivity contribution >= 4 is 16.9 Å². The molecule has 4 aromatic rings. The number of furan rings is 1. The minimum Gasteiger partial charge on any atom is -0.464 e. The Morgan fingerprint density at radius 1 is 1.13 bits per heavy atom. The van der Waals surface area contributed by atoms with Gasteiger partial charge in [0.05, 0.1) is 19.2 Å². The maximum Gasteiger partial charge on any atom is 0.224 e. The predicted octanol–water partition coefficient (Wildman–Crippen LogP) is 4.97. The van der Waals surface area contributed by atoms with E-state index < -0.39 is 0 Å². The highest BCUT2D eigenvalue weighted by Crippen LogP contribution is 2.29. The topological polar surface area (TPSA) is 60.1 Å². The second kappa shape index (κ2) is 8.57. The van der Waals surface area contributed by atoms with Crippen molar-refractivity contribution in [1.29, 1.82) is 0 Å². The minimum atomic E-state index is -0.0155. The highest BCUT2D eigenvalue weighted by Gasteiger charge is 2.14. The molecule has 2 aromatic carbocycles. The van der Waals surface area contributed by atoms with Crippen molar-refractivity contribution in [1.82, 2.24) is 15.1 Å². The first kappa shape index (κ1) is 20.0. The lowest BCUT2D eigenvalue weighted by molar-refractivity contribution is -0.120. The van der Waals surface area contributed by atoms with Crippen LogP contribution in [-0.2, 0) is 24.3 Å². The Kier molecular flexibility index (Phi) is 5.70. The van der Waals surface area contributed by atoms with E-state index >= 15 is 0 Å². The largest absolute Gasteiger partial charge is 0.464 e. The standard InChI is InChI=1S/C25H27N3O2/c1-17(2)22-13-23-21(16-30-24(23)11-18(22)3)12-25(29)26-14-19-7-4-5-8-20(19)15-28-10-6-9-27-28/h4-11,13,16-17H,12,14-15H2,1-3H3,(H,26,29). The van der Waals surface area contributed by atoms with Gasteiger partial charge in [-0.05, 0) is 53.3 Å². The third-order valence-corrected chi connectivity index (χ3v) is 5.50. The van der Waals surface area contributed by atoms with Crippen molar-refractivity contribution in [2.75, 3.05) is 0 Å². The molecule has 1 amide bonds. The Morgan fingerprint density at radius 3 is 2.67 bits per heavy atom. The number of rotatable bonds is 7. The fourth-order valence-electron chi connectivity index (χ4n) is 3.89. The molecule has 0 atom stereocenters. The molecule has 1 N–H and O–H groups in total. The molecule has 0 aliphatic rings. The molecule has 0 fully saturated rings.